The lowest BCUT2D eigenvalue weighted by atomic mass is 10.0. The average molecular weight is 1400 g/mol. The summed E-state index contributed by atoms with van der Waals surface area (Å²) in [4.78, 5) is 18.8. The molecule has 8 nitrogen and oxygen atoms in total. The fourth-order valence-corrected chi connectivity index (χ4v) is 9.69. The third kappa shape index (κ3) is 14.7. The molecule has 7 aromatic rings. The Balaban J connectivity index is 0.00000234. The first kappa shape index (κ1) is 58.0. The molecule has 372 valence electrons. The number of nitrogens with one attached hydrogen (secondary N) is 2. The van der Waals surface area contributed by atoms with Crippen LogP contribution in [-0.2, 0) is 27.7 Å². The summed E-state index contributed by atoms with van der Waals surface area (Å²) in [6, 6.07) is 26.3. The van der Waals surface area contributed by atoms with E-state index in [1.807, 2.05) is 7.05 Å². The largest absolute Gasteiger partial charge is 1.00 e. The van der Waals surface area contributed by atoms with Gasteiger partial charge in [0, 0.05) is 99.3 Å². The summed E-state index contributed by atoms with van der Waals surface area (Å²) in [7, 11) is 6.15. The van der Waals surface area contributed by atoms with Gasteiger partial charge in [0.25, 0.3) is 0 Å². The Bertz CT molecular complexity index is 2990. The van der Waals surface area contributed by atoms with E-state index in [1.165, 1.54) is 89.9 Å². The van der Waals surface area contributed by atoms with E-state index in [-0.39, 0.29) is 95.9 Å². The van der Waals surface area contributed by atoms with Gasteiger partial charge in [-0.1, -0.05) is 84.0 Å². The molecule has 0 amide bonds. The summed E-state index contributed by atoms with van der Waals surface area (Å²) >= 11 is 0. The van der Waals surface area contributed by atoms with E-state index in [2.05, 4.69) is 196 Å². The van der Waals surface area contributed by atoms with Crippen LogP contribution in [0.2, 0.25) is 0 Å². The number of unbranched alkanes of at least 4 members (excludes halogenated alkanes) is 13. The van der Waals surface area contributed by atoms with Gasteiger partial charge in [-0.25, -0.2) is 28.2 Å². The van der Waals surface area contributed by atoms with Gasteiger partial charge in [-0.2, -0.15) is 0 Å². The number of H-pyrrole nitrogens is 2. The zero-order chi connectivity index (χ0) is 46.0. The molecule has 0 spiro atoms. The van der Waals surface area contributed by atoms with Crippen LogP contribution in [0.1, 0.15) is 120 Å². The summed E-state index contributed by atoms with van der Waals surface area (Å²) in [6.07, 6.45) is 44.9. The predicted molar refractivity (Wildman–Crippen MR) is 275 cm³/mol. The van der Waals surface area contributed by atoms with Gasteiger partial charge in [0.05, 0.1) is 22.8 Å². The van der Waals surface area contributed by atoms with Crippen LogP contribution in [0.3, 0.4) is 0 Å². The van der Waals surface area contributed by atoms with Gasteiger partial charge < -0.3 is 106 Å². The van der Waals surface area contributed by atoms with Crippen molar-refractivity contribution in [1.29, 1.82) is 0 Å². The molecule has 2 N–H and O–H groups in total. The van der Waals surface area contributed by atoms with E-state index in [0.717, 1.165) is 95.9 Å². The highest BCUT2D eigenvalue weighted by Crippen LogP contribution is 2.38. The van der Waals surface area contributed by atoms with Crippen molar-refractivity contribution in [2.24, 2.45) is 21.1 Å². The second-order valence-electron chi connectivity index (χ2n) is 18.7. The Morgan fingerprint density at radius 1 is 0.338 bits per heavy atom. The molecule has 0 atom stereocenters. The first-order valence-electron chi connectivity index (χ1n) is 24.9. The lowest BCUT2D eigenvalue weighted by Crippen LogP contribution is -3.00. The van der Waals surface area contributed by atoms with E-state index in [9.17, 15) is 0 Å². The van der Waals surface area contributed by atoms with Crippen molar-refractivity contribution < 1.29 is 114 Å². The minimum Gasteiger partial charge on any atom is -1.00 e. The molecule has 0 fully saturated rings. The molecule has 0 unspecified atom stereocenters. The maximum absolute atomic E-state index is 5.51. The number of fused-ring (bicyclic) bond motifs is 8. The number of hydrogen-bond acceptors (Lipinski definition) is 2. The molecule has 0 aliphatic carbocycles. The first-order valence-corrected chi connectivity index (χ1v) is 24.9. The minimum absolute atomic E-state index is 0. The number of hydrogen-bond donors (Lipinski definition) is 2. The molecular formula is C59H68I4N8. The number of pyridine rings is 4. The number of aromatic amines is 2. The highest BCUT2D eigenvalue weighted by Gasteiger charge is 2.20. The Morgan fingerprint density at radius 3 is 0.873 bits per heavy atom. The molecule has 0 radical (unpaired) electrons. The van der Waals surface area contributed by atoms with Gasteiger partial charge in [-0.05, 0) is 77.2 Å². The van der Waals surface area contributed by atoms with E-state index in [4.69, 9.17) is 9.97 Å². The van der Waals surface area contributed by atoms with Crippen molar-refractivity contribution in [1.82, 2.24) is 19.9 Å². The Morgan fingerprint density at radius 2 is 0.592 bits per heavy atom. The zero-order valence-electron chi connectivity index (χ0n) is 41.7. The first-order chi connectivity index (χ1) is 32.9. The van der Waals surface area contributed by atoms with Crippen LogP contribution in [0.25, 0.3) is 90.9 Å². The molecule has 9 rings (SSSR count). The van der Waals surface area contributed by atoms with Crippen LogP contribution >= 0.6 is 0 Å². The van der Waals surface area contributed by atoms with Crippen LogP contribution in [0.4, 0.5) is 0 Å². The number of halogens is 4. The Hall–Kier alpha value is -3.88. The molecule has 7 aromatic heterocycles. The number of nitrogens with zero attached hydrogens (tertiary/aromatic N) is 6. The number of aryl methyl sites for hydroxylation is 4. The monoisotopic (exact) mass is 1400 g/mol. The smallest absolute Gasteiger partial charge is 0.169 e. The average Bonchev–Trinajstić information content (AvgIpc) is 4.20. The molecule has 2 aliphatic heterocycles. The second-order valence-corrected chi connectivity index (χ2v) is 18.7. The Labute approximate surface area is 489 Å². The molecule has 71 heavy (non-hydrogen) atoms. The lowest BCUT2D eigenvalue weighted by Gasteiger charge is -2.06. The van der Waals surface area contributed by atoms with Crippen LogP contribution in [-0.4, -0.2) is 19.9 Å². The minimum atomic E-state index is 0. The van der Waals surface area contributed by atoms with Crippen molar-refractivity contribution >= 4 is 46.4 Å². The Kier molecular flexibility index (Phi) is 23.3. The normalized spacial score (nSPS) is 11.4. The molecule has 8 bridgehead atoms. The third-order valence-corrected chi connectivity index (χ3v) is 13.5. The number of rotatable bonds is 19. The fourth-order valence-electron chi connectivity index (χ4n) is 9.69. The fraction of sp³-hybridized carbons (Fsp3) is 0.322. The molecule has 0 aromatic carbocycles. The maximum atomic E-state index is 5.51. The SMILES string of the molecule is CCCCCCCCCCCCCCCC[n+]1ccc(-c2c3nc(c(-c4cc[n+](C)cc4)c4ccc([nH]4)c(-c4cc[n+](C)cc4)c4nc(c(-c5cc[n+](C)cc5)c5ccc2[nH]5)C=C4)C=C3)cc1.[I-].[I-].[I-].[I-]. The van der Waals surface area contributed by atoms with E-state index < -0.39 is 0 Å². The molecule has 9 heterocycles. The summed E-state index contributed by atoms with van der Waals surface area (Å²) in [6.45, 7) is 3.32. The number of aromatic nitrogens is 8. The van der Waals surface area contributed by atoms with Crippen LogP contribution < -0.4 is 114 Å². The van der Waals surface area contributed by atoms with E-state index in [0.29, 0.717) is 0 Å². The van der Waals surface area contributed by atoms with E-state index >= 15 is 0 Å². The van der Waals surface area contributed by atoms with Crippen molar-refractivity contribution in [2.45, 2.75) is 103 Å². The van der Waals surface area contributed by atoms with Gasteiger partial charge in [0.2, 0.25) is 0 Å². The summed E-state index contributed by atoms with van der Waals surface area (Å²) < 4.78 is 8.54. The van der Waals surface area contributed by atoms with Gasteiger partial charge in [-0.15, -0.1) is 0 Å². The van der Waals surface area contributed by atoms with Crippen LogP contribution in [0.15, 0.2) is 122 Å². The van der Waals surface area contributed by atoms with Crippen molar-refractivity contribution in [2.75, 3.05) is 0 Å². The molecule has 2 aliphatic rings. The van der Waals surface area contributed by atoms with Gasteiger partial charge in [-0.3, -0.25) is 0 Å². The summed E-state index contributed by atoms with van der Waals surface area (Å²) in [5.41, 5.74) is 16.1. The summed E-state index contributed by atoms with van der Waals surface area (Å²) in [5, 5.41) is 0. The van der Waals surface area contributed by atoms with Crippen molar-refractivity contribution in [3.63, 3.8) is 0 Å². The van der Waals surface area contributed by atoms with Crippen LogP contribution in [0.5, 0.6) is 0 Å². The quantitative estimate of drug-likeness (QED) is 0.0708. The summed E-state index contributed by atoms with van der Waals surface area (Å²) in [5.74, 6) is 0. The van der Waals surface area contributed by atoms with Gasteiger partial charge in [0.1, 0.15) is 27.7 Å². The topological polar surface area (TPSA) is 72.9 Å². The molecule has 0 saturated heterocycles. The van der Waals surface area contributed by atoms with E-state index in [1.54, 1.807) is 0 Å². The molecular weight excluding hydrogens is 1330 g/mol. The predicted octanol–water partition coefficient (Wildman–Crippen LogP) is 0.582. The second kappa shape index (κ2) is 28.5. The molecule has 12 heteroatoms. The standard InChI is InChI=1S/C59H67N8.4HI/c1-5-6-7-8-9-10-11-12-13-14-15-16-17-18-35-67-42-33-47(34-43-67)59-54-25-23-52(62-54)57(45-29-38-65(3)39-30-45)50-21-19-48(60-50)56(44-27-36-64(2)37-28-44)49-20-22-51(61-49)58(53-24-26-55(59)63-53)46-31-40-66(4)41-32-46;;;;/h19-34,36-43H,5-18,35H2,1-4H3,(H,60,61,62,63);4*1H/q+3;;;;/p-3. The highest BCUT2D eigenvalue weighted by molar-refractivity contribution is 5.99. The van der Waals surface area contributed by atoms with Gasteiger partial charge >= 0.3 is 0 Å². The zero-order valence-corrected chi connectivity index (χ0v) is 50.3. The molecule has 0 saturated carbocycles. The van der Waals surface area contributed by atoms with Crippen molar-refractivity contribution in [3.8, 4) is 44.5 Å². The lowest BCUT2D eigenvalue weighted by molar-refractivity contribution is -0.697. The van der Waals surface area contributed by atoms with Crippen molar-refractivity contribution in [3.05, 3.63) is 145 Å². The van der Waals surface area contributed by atoms with Crippen LogP contribution in [0, 0.1) is 0 Å². The van der Waals surface area contributed by atoms with Gasteiger partial charge in [0.15, 0.2) is 49.6 Å². The highest BCUT2D eigenvalue weighted by atomic mass is 127. The maximum Gasteiger partial charge on any atom is 0.169 e. The third-order valence-electron chi connectivity index (χ3n) is 13.5.